The number of benzene rings is 1. The number of unbranched alkanes of at least 4 members (excludes halogenated alkanes) is 3. The SMILES string of the molecule is CCCCCC[C@H]1CC[C@H](C2CCC(c3ccc(C(F)(F)C(F)(F)CCC)cc3)CC2)CC1. The molecule has 0 bridgehead atoms. The van der Waals surface area contributed by atoms with Crippen molar-refractivity contribution < 1.29 is 17.6 Å². The highest BCUT2D eigenvalue weighted by molar-refractivity contribution is 5.29. The molecule has 0 spiro atoms. The number of rotatable bonds is 11. The van der Waals surface area contributed by atoms with E-state index in [0.29, 0.717) is 5.92 Å². The predicted octanol–water partition coefficient (Wildman–Crippen LogP) is 10.3. The van der Waals surface area contributed by atoms with Crippen LogP contribution >= 0.6 is 0 Å². The number of hydrogen-bond acceptors (Lipinski definition) is 0. The van der Waals surface area contributed by atoms with E-state index in [2.05, 4.69) is 6.92 Å². The Morgan fingerprint density at radius 3 is 1.82 bits per heavy atom. The summed E-state index contributed by atoms with van der Waals surface area (Å²) in [7, 11) is 0. The molecule has 1 aromatic rings. The van der Waals surface area contributed by atoms with Crippen LogP contribution in [0.2, 0.25) is 0 Å². The quantitative estimate of drug-likeness (QED) is 0.224. The van der Waals surface area contributed by atoms with Crippen LogP contribution in [0.25, 0.3) is 0 Å². The minimum absolute atomic E-state index is 0.0323. The molecule has 4 heteroatoms. The van der Waals surface area contributed by atoms with Crippen LogP contribution in [-0.2, 0) is 5.92 Å². The number of halogens is 4. The van der Waals surface area contributed by atoms with E-state index in [1.807, 2.05) is 0 Å². The maximum absolute atomic E-state index is 14.3. The van der Waals surface area contributed by atoms with Gasteiger partial charge in [0.05, 0.1) is 0 Å². The Hall–Kier alpha value is -1.06. The minimum Gasteiger partial charge on any atom is -0.199 e. The zero-order valence-corrected chi connectivity index (χ0v) is 20.7. The van der Waals surface area contributed by atoms with Gasteiger partial charge in [0, 0.05) is 12.0 Å². The van der Waals surface area contributed by atoms with Crippen molar-refractivity contribution in [2.24, 2.45) is 17.8 Å². The second-order valence-electron chi connectivity index (χ2n) is 10.9. The fraction of sp³-hybridized carbons (Fsp3) is 0.793. The van der Waals surface area contributed by atoms with Crippen LogP contribution in [0, 0.1) is 17.8 Å². The summed E-state index contributed by atoms with van der Waals surface area (Å²) in [6.07, 6.45) is 16.3. The molecule has 2 aliphatic rings. The van der Waals surface area contributed by atoms with Gasteiger partial charge in [-0.15, -0.1) is 0 Å². The molecule has 0 unspecified atom stereocenters. The Kier molecular flexibility index (Phi) is 9.71. The minimum atomic E-state index is -4.12. The summed E-state index contributed by atoms with van der Waals surface area (Å²) >= 11 is 0. The molecule has 0 amide bonds. The van der Waals surface area contributed by atoms with Gasteiger partial charge in [0.2, 0.25) is 0 Å². The summed E-state index contributed by atoms with van der Waals surface area (Å²) in [4.78, 5) is 0. The van der Waals surface area contributed by atoms with E-state index in [-0.39, 0.29) is 6.42 Å². The molecule has 2 fully saturated rings. The molecule has 0 nitrogen and oxygen atoms in total. The molecule has 0 aliphatic heterocycles. The third-order valence-corrected chi connectivity index (χ3v) is 8.56. The Morgan fingerprint density at radius 1 is 0.697 bits per heavy atom. The van der Waals surface area contributed by atoms with Crippen LogP contribution < -0.4 is 0 Å². The van der Waals surface area contributed by atoms with Crippen LogP contribution in [0.1, 0.15) is 127 Å². The standard InChI is InChI=1S/C29H44F4/c1-3-5-6-7-8-22-9-11-23(12-10-22)24-13-15-25(16-14-24)26-17-19-27(20-18-26)29(32,33)28(30,31)21-4-2/h17-20,22-25H,3-16,21H2,1-2H3/t22-,23-,24?,25?. The lowest BCUT2D eigenvalue weighted by Crippen LogP contribution is -2.37. The largest absolute Gasteiger partial charge is 0.335 e. The summed E-state index contributed by atoms with van der Waals surface area (Å²) in [5.41, 5.74) is 0.465. The first kappa shape index (κ1) is 26.5. The van der Waals surface area contributed by atoms with Gasteiger partial charge in [0.1, 0.15) is 0 Å². The van der Waals surface area contributed by atoms with Crippen molar-refractivity contribution in [1.82, 2.24) is 0 Å². The zero-order valence-electron chi connectivity index (χ0n) is 20.7. The summed E-state index contributed by atoms with van der Waals surface area (Å²) < 4.78 is 56.5. The van der Waals surface area contributed by atoms with Gasteiger partial charge >= 0.3 is 11.8 Å². The van der Waals surface area contributed by atoms with Gasteiger partial charge in [-0.1, -0.05) is 89.5 Å². The molecule has 188 valence electrons. The van der Waals surface area contributed by atoms with Crippen molar-refractivity contribution in [2.45, 2.75) is 128 Å². The maximum atomic E-state index is 14.3. The summed E-state index contributed by atoms with van der Waals surface area (Å²) in [6, 6.07) is 5.79. The van der Waals surface area contributed by atoms with E-state index in [1.165, 1.54) is 89.7 Å². The maximum Gasteiger partial charge on any atom is 0.335 e. The molecule has 0 heterocycles. The molecule has 0 radical (unpaired) electrons. The smallest absolute Gasteiger partial charge is 0.199 e. The highest BCUT2D eigenvalue weighted by Gasteiger charge is 2.56. The molecule has 2 saturated carbocycles. The second kappa shape index (κ2) is 12.1. The van der Waals surface area contributed by atoms with E-state index in [0.717, 1.165) is 36.2 Å². The Labute approximate surface area is 198 Å². The van der Waals surface area contributed by atoms with Crippen LogP contribution in [0.15, 0.2) is 24.3 Å². The van der Waals surface area contributed by atoms with Gasteiger partial charge in [0.25, 0.3) is 0 Å². The van der Waals surface area contributed by atoms with Crippen molar-refractivity contribution in [2.75, 3.05) is 0 Å². The van der Waals surface area contributed by atoms with Gasteiger partial charge in [-0.3, -0.25) is 0 Å². The predicted molar refractivity (Wildman–Crippen MR) is 129 cm³/mol. The summed E-state index contributed by atoms with van der Waals surface area (Å²) in [5, 5.41) is 0. The molecule has 0 N–H and O–H groups in total. The third-order valence-electron chi connectivity index (χ3n) is 8.56. The van der Waals surface area contributed by atoms with Crippen LogP contribution in [-0.4, -0.2) is 5.92 Å². The molecular formula is C29H44F4. The highest BCUT2D eigenvalue weighted by Crippen LogP contribution is 2.47. The molecule has 0 saturated heterocycles. The molecule has 0 atom stereocenters. The monoisotopic (exact) mass is 468 g/mol. The molecular weight excluding hydrogens is 424 g/mol. The fourth-order valence-corrected chi connectivity index (χ4v) is 6.38. The first-order valence-corrected chi connectivity index (χ1v) is 13.6. The van der Waals surface area contributed by atoms with E-state index >= 15 is 0 Å². The van der Waals surface area contributed by atoms with Crippen molar-refractivity contribution in [1.29, 1.82) is 0 Å². The average molecular weight is 469 g/mol. The number of alkyl halides is 4. The van der Waals surface area contributed by atoms with Crippen molar-refractivity contribution in [3.05, 3.63) is 35.4 Å². The van der Waals surface area contributed by atoms with Gasteiger partial charge in [-0.25, -0.2) is 0 Å². The lowest BCUT2D eigenvalue weighted by atomic mass is 9.68. The van der Waals surface area contributed by atoms with Crippen LogP contribution in [0.3, 0.4) is 0 Å². The molecule has 3 rings (SSSR count). The van der Waals surface area contributed by atoms with E-state index in [9.17, 15) is 17.6 Å². The van der Waals surface area contributed by atoms with E-state index < -0.39 is 23.8 Å². The molecule has 1 aromatic carbocycles. The second-order valence-corrected chi connectivity index (χ2v) is 10.9. The Balaban J connectivity index is 1.46. The topological polar surface area (TPSA) is 0 Å². The molecule has 33 heavy (non-hydrogen) atoms. The first-order valence-electron chi connectivity index (χ1n) is 13.6. The van der Waals surface area contributed by atoms with Gasteiger partial charge in [0.15, 0.2) is 0 Å². The zero-order chi connectivity index (χ0) is 23.9. The average Bonchev–Trinajstić information content (AvgIpc) is 2.82. The Morgan fingerprint density at radius 2 is 1.27 bits per heavy atom. The van der Waals surface area contributed by atoms with Crippen molar-refractivity contribution in [3.8, 4) is 0 Å². The molecule has 2 aliphatic carbocycles. The summed E-state index contributed by atoms with van der Waals surface area (Å²) in [5.74, 6) is -5.15. The van der Waals surface area contributed by atoms with Gasteiger partial charge in [-0.2, -0.15) is 17.6 Å². The van der Waals surface area contributed by atoms with Crippen molar-refractivity contribution in [3.63, 3.8) is 0 Å². The lowest BCUT2D eigenvalue weighted by molar-refractivity contribution is -0.219. The fourth-order valence-electron chi connectivity index (χ4n) is 6.38. The van der Waals surface area contributed by atoms with E-state index in [1.54, 1.807) is 12.1 Å². The third kappa shape index (κ3) is 6.75. The first-order chi connectivity index (χ1) is 15.8. The number of hydrogen-bond donors (Lipinski definition) is 0. The van der Waals surface area contributed by atoms with E-state index in [4.69, 9.17) is 0 Å². The van der Waals surface area contributed by atoms with Crippen molar-refractivity contribution >= 4 is 0 Å². The lowest BCUT2D eigenvalue weighted by Gasteiger charge is -2.38. The van der Waals surface area contributed by atoms with Gasteiger partial charge < -0.3 is 0 Å². The highest BCUT2D eigenvalue weighted by atomic mass is 19.3. The Bertz CT molecular complexity index is 680. The van der Waals surface area contributed by atoms with Gasteiger partial charge in [-0.05, 0) is 67.8 Å². The normalized spacial score (nSPS) is 27.0. The summed E-state index contributed by atoms with van der Waals surface area (Å²) in [6.45, 7) is 3.77. The molecule has 0 aromatic heterocycles. The van der Waals surface area contributed by atoms with Crippen LogP contribution in [0.4, 0.5) is 17.6 Å². The van der Waals surface area contributed by atoms with Crippen LogP contribution in [0.5, 0.6) is 0 Å².